The summed E-state index contributed by atoms with van der Waals surface area (Å²) >= 11 is 0. The lowest BCUT2D eigenvalue weighted by Crippen LogP contribution is -2.33. The molecule has 116 valence electrons. The average Bonchev–Trinajstić information content (AvgIpc) is 3.25. The second-order valence-electron chi connectivity index (χ2n) is 6.27. The van der Waals surface area contributed by atoms with Crippen molar-refractivity contribution in [1.82, 2.24) is 19.7 Å². The third-order valence-electron chi connectivity index (χ3n) is 4.88. The van der Waals surface area contributed by atoms with E-state index in [0.717, 1.165) is 57.3 Å². The van der Waals surface area contributed by atoms with Gasteiger partial charge in [-0.15, -0.1) is 0 Å². The van der Waals surface area contributed by atoms with Crippen molar-refractivity contribution in [3.8, 4) is 0 Å². The maximum atomic E-state index is 12.1. The molecule has 0 saturated heterocycles. The average molecular weight is 292 g/mol. The number of aryl methyl sites for hydroxylation is 2. The minimum atomic E-state index is -0.0790. The summed E-state index contributed by atoms with van der Waals surface area (Å²) in [5.41, 5.74) is -0.0760. The molecule has 2 aliphatic rings. The van der Waals surface area contributed by atoms with E-state index in [1.807, 2.05) is 0 Å². The largest absolute Gasteiger partial charge is 0.356 e. The van der Waals surface area contributed by atoms with Crippen LogP contribution in [0.25, 0.3) is 0 Å². The van der Waals surface area contributed by atoms with Crippen LogP contribution in [0.3, 0.4) is 0 Å². The number of hydrogen-bond acceptors (Lipinski definition) is 3. The molecule has 1 aromatic heterocycles. The van der Waals surface area contributed by atoms with Crippen LogP contribution in [-0.2, 0) is 24.3 Å². The summed E-state index contributed by atoms with van der Waals surface area (Å²) in [5, 5.41) is 7.40. The Balaban J connectivity index is 1.49. The summed E-state index contributed by atoms with van der Waals surface area (Å²) in [6.45, 7) is 4.07. The summed E-state index contributed by atoms with van der Waals surface area (Å²) in [7, 11) is 0. The van der Waals surface area contributed by atoms with E-state index in [1.165, 1.54) is 0 Å². The third-order valence-corrected chi connectivity index (χ3v) is 4.88. The van der Waals surface area contributed by atoms with Gasteiger partial charge in [0.15, 0.2) is 0 Å². The second kappa shape index (κ2) is 5.66. The number of carbonyl (C=O) groups excluding carboxylic acids is 1. The predicted molar refractivity (Wildman–Crippen MR) is 79.0 cm³/mol. The van der Waals surface area contributed by atoms with Gasteiger partial charge in [0.1, 0.15) is 5.82 Å². The lowest BCUT2D eigenvalue weighted by Gasteiger charge is -2.12. The Morgan fingerprint density at radius 1 is 1.38 bits per heavy atom. The van der Waals surface area contributed by atoms with E-state index in [1.54, 1.807) is 9.25 Å². The van der Waals surface area contributed by atoms with Gasteiger partial charge in [-0.05, 0) is 38.5 Å². The van der Waals surface area contributed by atoms with Crippen LogP contribution in [0.2, 0.25) is 0 Å². The van der Waals surface area contributed by atoms with Crippen molar-refractivity contribution in [2.75, 3.05) is 6.54 Å². The van der Waals surface area contributed by atoms with Gasteiger partial charge in [-0.25, -0.2) is 9.48 Å². The zero-order valence-corrected chi connectivity index (χ0v) is 12.7. The molecule has 1 aromatic rings. The Kier molecular flexibility index (Phi) is 3.87. The fraction of sp³-hybridized carbons (Fsp3) is 0.800. The van der Waals surface area contributed by atoms with Crippen LogP contribution < -0.4 is 11.0 Å². The lowest BCUT2D eigenvalue weighted by molar-refractivity contribution is -0.126. The minimum Gasteiger partial charge on any atom is -0.356 e. The van der Waals surface area contributed by atoms with Crippen molar-refractivity contribution in [3.05, 3.63) is 16.3 Å². The number of carbonyl (C=O) groups is 1. The number of aromatic nitrogens is 3. The van der Waals surface area contributed by atoms with Crippen molar-refractivity contribution in [2.24, 2.45) is 5.41 Å². The van der Waals surface area contributed by atoms with Crippen molar-refractivity contribution in [1.29, 1.82) is 0 Å². The molecule has 0 spiro atoms. The molecule has 6 nitrogen and oxygen atoms in total. The normalized spacial score (nSPS) is 19.1. The van der Waals surface area contributed by atoms with E-state index < -0.39 is 0 Å². The van der Waals surface area contributed by atoms with Gasteiger partial charge >= 0.3 is 5.69 Å². The summed E-state index contributed by atoms with van der Waals surface area (Å²) in [6, 6.07) is 0. The lowest BCUT2D eigenvalue weighted by atomic mass is 10.0. The van der Waals surface area contributed by atoms with Crippen LogP contribution in [0.5, 0.6) is 0 Å². The van der Waals surface area contributed by atoms with Gasteiger partial charge in [0.05, 0.1) is 0 Å². The van der Waals surface area contributed by atoms with Crippen LogP contribution in [0, 0.1) is 5.41 Å². The Bertz CT molecular complexity index is 583. The molecule has 0 radical (unpaired) electrons. The molecule has 1 aliphatic carbocycles. The van der Waals surface area contributed by atoms with E-state index in [0.29, 0.717) is 13.1 Å². The maximum Gasteiger partial charge on any atom is 0.345 e. The van der Waals surface area contributed by atoms with Crippen molar-refractivity contribution < 1.29 is 4.79 Å². The molecule has 2 heterocycles. The van der Waals surface area contributed by atoms with Crippen LogP contribution in [0.15, 0.2) is 4.79 Å². The topological polar surface area (TPSA) is 68.9 Å². The third kappa shape index (κ3) is 2.76. The van der Waals surface area contributed by atoms with Gasteiger partial charge in [-0.1, -0.05) is 6.92 Å². The molecular formula is C15H24N4O2. The zero-order chi connectivity index (χ0) is 14.9. The van der Waals surface area contributed by atoms with Gasteiger partial charge in [0.2, 0.25) is 5.91 Å². The van der Waals surface area contributed by atoms with Crippen molar-refractivity contribution >= 4 is 5.91 Å². The van der Waals surface area contributed by atoms with Crippen LogP contribution in [0.1, 0.15) is 51.3 Å². The number of nitrogens with zero attached hydrogens (tertiary/aromatic N) is 3. The molecule has 0 unspecified atom stereocenters. The van der Waals surface area contributed by atoms with E-state index in [2.05, 4.69) is 17.3 Å². The van der Waals surface area contributed by atoms with E-state index >= 15 is 0 Å². The molecule has 3 rings (SSSR count). The molecule has 1 aliphatic heterocycles. The standard InChI is InChI=1S/C15H24N4O2/c1-2-15(7-8-15)13(20)16-9-5-11-19-14(21)18-10-4-3-6-12(18)17-19/h2-11H2,1H3,(H,16,20). The fourth-order valence-electron chi connectivity index (χ4n) is 3.10. The number of amides is 1. The summed E-state index contributed by atoms with van der Waals surface area (Å²) < 4.78 is 3.35. The quantitative estimate of drug-likeness (QED) is 0.798. The number of rotatable bonds is 6. The highest BCUT2D eigenvalue weighted by atomic mass is 16.2. The first kappa shape index (κ1) is 14.4. The Morgan fingerprint density at radius 2 is 2.19 bits per heavy atom. The number of fused-ring (bicyclic) bond motifs is 1. The molecule has 21 heavy (non-hydrogen) atoms. The molecular weight excluding hydrogens is 268 g/mol. The summed E-state index contributed by atoms with van der Waals surface area (Å²) in [4.78, 5) is 24.1. The summed E-state index contributed by atoms with van der Waals surface area (Å²) in [6.07, 6.45) is 6.79. The van der Waals surface area contributed by atoms with Gasteiger partial charge in [0.25, 0.3) is 0 Å². The van der Waals surface area contributed by atoms with Crippen molar-refractivity contribution in [3.63, 3.8) is 0 Å². The zero-order valence-electron chi connectivity index (χ0n) is 12.7. The molecule has 1 fully saturated rings. The van der Waals surface area contributed by atoms with Crippen molar-refractivity contribution in [2.45, 2.75) is 65.0 Å². The van der Waals surface area contributed by atoms with Gasteiger partial charge in [-0.3, -0.25) is 9.36 Å². The molecule has 6 heteroatoms. The maximum absolute atomic E-state index is 12.1. The molecule has 0 atom stereocenters. The molecule has 1 saturated carbocycles. The first-order valence-electron chi connectivity index (χ1n) is 8.11. The van der Waals surface area contributed by atoms with Gasteiger partial charge in [-0.2, -0.15) is 5.10 Å². The highest BCUT2D eigenvalue weighted by Gasteiger charge is 2.47. The Hall–Kier alpha value is -1.59. The van der Waals surface area contributed by atoms with E-state index in [4.69, 9.17) is 0 Å². The van der Waals surface area contributed by atoms with E-state index in [-0.39, 0.29) is 17.0 Å². The van der Waals surface area contributed by atoms with Crippen LogP contribution in [-0.4, -0.2) is 26.8 Å². The molecule has 0 bridgehead atoms. The van der Waals surface area contributed by atoms with Gasteiger partial charge in [0, 0.05) is 31.5 Å². The predicted octanol–water partition coefficient (Wildman–Crippen LogP) is 1.08. The van der Waals surface area contributed by atoms with E-state index in [9.17, 15) is 9.59 Å². The smallest absolute Gasteiger partial charge is 0.345 e. The Morgan fingerprint density at radius 3 is 2.86 bits per heavy atom. The first-order chi connectivity index (χ1) is 10.2. The monoisotopic (exact) mass is 292 g/mol. The molecule has 1 N–H and O–H groups in total. The molecule has 0 aromatic carbocycles. The number of nitrogens with one attached hydrogen (secondary N) is 1. The van der Waals surface area contributed by atoms with Crippen LogP contribution >= 0.6 is 0 Å². The highest BCUT2D eigenvalue weighted by Crippen LogP contribution is 2.48. The van der Waals surface area contributed by atoms with Crippen LogP contribution in [0.4, 0.5) is 0 Å². The second-order valence-corrected chi connectivity index (χ2v) is 6.27. The number of hydrogen-bond donors (Lipinski definition) is 1. The van der Waals surface area contributed by atoms with Gasteiger partial charge < -0.3 is 5.32 Å². The summed E-state index contributed by atoms with van der Waals surface area (Å²) in [5.74, 6) is 1.10. The fourth-order valence-corrected chi connectivity index (χ4v) is 3.10. The highest BCUT2D eigenvalue weighted by molar-refractivity contribution is 5.85. The Labute approximate surface area is 124 Å². The minimum absolute atomic E-state index is 0.00301. The molecule has 1 amide bonds. The first-order valence-corrected chi connectivity index (χ1v) is 8.11. The SMILES string of the molecule is CCC1(C(=O)NCCCn2nc3n(c2=O)CCCC3)CC1.